The molecule has 0 bridgehead atoms. The first kappa shape index (κ1) is 11.5. The van der Waals surface area contributed by atoms with E-state index in [-0.39, 0.29) is 5.82 Å². The van der Waals surface area contributed by atoms with E-state index in [0.717, 1.165) is 19.4 Å². The van der Waals surface area contributed by atoms with Crippen LogP contribution in [0.2, 0.25) is 0 Å². The number of benzene rings is 1. The van der Waals surface area contributed by atoms with E-state index in [2.05, 4.69) is 6.92 Å². The molecule has 0 aromatic heterocycles. The standard InChI is InChI=1S/C12H15FN2/c1-3-4-7-15(2)12-6-5-10(9-14)8-11(12)13/h5-6,8H,3-4,7H2,1-2H3. The molecule has 0 aliphatic carbocycles. The summed E-state index contributed by atoms with van der Waals surface area (Å²) in [6.07, 6.45) is 2.12. The lowest BCUT2D eigenvalue weighted by Gasteiger charge is -2.19. The zero-order valence-corrected chi connectivity index (χ0v) is 9.13. The highest BCUT2D eigenvalue weighted by atomic mass is 19.1. The van der Waals surface area contributed by atoms with Gasteiger partial charge in [0.15, 0.2) is 0 Å². The zero-order chi connectivity index (χ0) is 11.3. The van der Waals surface area contributed by atoms with Gasteiger partial charge in [-0.15, -0.1) is 0 Å². The van der Waals surface area contributed by atoms with Crippen LogP contribution in [-0.2, 0) is 0 Å². The van der Waals surface area contributed by atoms with E-state index in [1.807, 2.05) is 18.0 Å². The van der Waals surface area contributed by atoms with Crippen LogP contribution in [0.3, 0.4) is 0 Å². The Morgan fingerprint density at radius 1 is 1.47 bits per heavy atom. The summed E-state index contributed by atoms with van der Waals surface area (Å²) >= 11 is 0. The van der Waals surface area contributed by atoms with E-state index >= 15 is 0 Å². The molecule has 0 saturated carbocycles. The van der Waals surface area contributed by atoms with Crippen molar-refractivity contribution in [3.8, 4) is 6.07 Å². The topological polar surface area (TPSA) is 27.0 Å². The number of halogens is 1. The third-order valence-corrected chi connectivity index (χ3v) is 2.34. The minimum Gasteiger partial charge on any atom is -0.372 e. The maximum atomic E-state index is 13.5. The number of hydrogen-bond acceptors (Lipinski definition) is 2. The van der Waals surface area contributed by atoms with Crippen LogP contribution >= 0.6 is 0 Å². The molecule has 1 aromatic rings. The fraction of sp³-hybridized carbons (Fsp3) is 0.417. The van der Waals surface area contributed by atoms with E-state index < -0.39 is 0 Å². The molecule has 1 rings (SSSR count). The van der Waals surface area contributed by atoms with Gasteiger partial charge in [0, 0.05) is 13.6 Å². The SMILES string of the molecule is CCCCN(C)c1ccc(C#N)cc1F. The predicted octanol–water partition coefficient (Wildman–Crippen LogP) is 2.93. The van der Waals surface area contributed by atoms with Crippen LogP contribution in [0.5, 0.6) is 0 Å². The van der Waals surface area contributed by atoms with Crippen molar-refractivity contribution in [2.75, 3.05) is 18.5 Å². The number of anilines is 1. The van der Waals surface area contributed by atoms with Crippen molar-refractivity contribution in [3.63, 3.8) is 0 Å². The molecular weight excluding hydrogens is 191 g/mol. The normalized spacial score (nSPS) is 9.73. The first-order valence-corrected chi connectivity index (χ1v) is 5.09. The average Bonchev–Trinajstić information content (AvgIpc) is 2.25. The highest BCUT2D eigenvalue weighted by molar-refractivity contribution is 5.50. The molecule has 80 valence electrons. The number of hydrogen-bond donors (Lipinski definition) is 0. The van der Waals surface area contributed by atoms with Gasteiger partial charge in [0.1, 0.15) is 5.82 Å². The van der Waals surface area contributed by atoms with Gasteiger partial charge in [0.2, 0.25) is 0 Å². The van der Waals surface area contributed by atoms with Gasteiger partial charge >= 0.3 is 0 Å². The van der Waals surface area contributed by atoms with Crippen molar-refractivity contribution in [2.45, 2.75) is 19.8 Å². The molecule has 3 heteroatoms. The Labute approximate surface area is 89.9 Å². The smallest absolute Gasteiger partial charge is 0.147 e. The Morgan fingerprint density at radius 2 is 2.20 bits per heavy atom. The Bertz CT molecular complexity index is 368. The van der Waals surface area contributed by atoms with Crippen LogP contribution in [0.15, 0.2) is 18.2 Å². The van der Waals surface area contributed by atoms with Crippen molar-refractivity contribution in [1.29, 1.82) is 5.26 Å². The molecule has 0 N–H and O–H groups in total. The molecule has 0 spiro atoms. The molecule has 0 atom stereocenters. The minimum absolute atomic E-state index is 0.326. The fourth-order valence-corrected chi connectivity index (χ4v) is 1.40. The van der Waals surface area contributed by atoms with E-state index in [4.69, 9.17) is 5.26 Å². The van der Waals surface area contributed by atoms with Crippen molar-refractivity contribution in [1.82, 2.24) is 0 Å². The Hall–Kier alpha value is -1.56. The molecule has 0 radical (unpaired) electrons. The highest BCUT2D eigenvalue weighted by Gasteiger charge is 2.07. The summed E-state index contributed by atoms with van der Waals surface area (Å²) in [4.78, 5) is 1.87. The number of nitrogens with zero attached hydrogens (tertiary/aromatic N) is 2. The molecule has 1 aromatic carbocycles. The molecule has 15 heavy (non-hydrogen) atoms. The third-order valence-electron chi connectivity index (χ3n) is 2.34. The summed E-state index contributed by atoms with van der Waals surface area (Å²) in [6.45, 7) is 2.93. The second-order valence-corrected chi connectivity index (χ2v) is 3.55. The van der Waals surface area contributed by atoms with Crippen LogP contribution in [0.25, 0.3) is 0 Å². The second kappa shape index (κ2) is 5.35. The van der Waals surface area contributed by atoms with Gasteiger partial charge in [-0.1, -0.05) is 13.3 Å². The molecule has 0 aliphatic rings. The number of nitriles is 1. The van der Waals surface area contributed by atoms with Crippen molar-refractivity contribution in [2.24, 2.45) is 0 Å². The minimum atomic E-state index is -0.326. The average molecular weight is 206 g/mol. The summed E-state index contributed by atoms with van der Waals surface area (Å²) in [5.41, 5.74) is 0.919. The maximum Gasteiger partial charge on any atom is 0.147 e. The van der Waals surface area contributed by atoms with Gasteiger partial charge in [0.05, 0.1) is 17.3 Å². The highest BCUT2D eigenvalue weighted by Crippen LogP contribution is 2.19. The predicted molar refractivity (Wildman–Crippen MR) is 59.3 cm³/mol. The Morgan fingerprint density at radius 3 is 2.73 bits per heavy atom. The summed E-state index contributed by atoms with van der Waals surface area (Å²) in [6, 6.07) is 6.49. The Kier molecular flexibility index (Phi) is 4.11. The largest absolute Gasteiger partial charge is 0.372 e. The maximum absolute atomic E-state index is 13.5. The first-order chi connectivity index (χ1) is 7.19. The zero-order valence-electron chi connectivity index (χ0n) is 9.13. The van der Waals surface area contributed by atoms with Gasteiger partial charge in [-0.2, -0.15) is 5.26 Å². The van der Waals surface area contributed by atoms with E-state index in [9.17, 15) is 4.39 Å². The van der Waals surface area contributed by atoms with Crippen molar-refractivity contribution >= 4 is 5.69 Å². The number of unbranched alkanes of at least 4 members (excludes halogenated alkanes) is 1. The molecule has 0 saturated heterocycles. The van der Waals surface area contributed by atoms with Crippen molar-refractivity contribution < 1.29 is 4.39 Å². The van der Waals surface area contributed by atoms with E-state index in [0.29, 0.717) is 11.3 Å². The molecule has 0 heterocycles. The third kappa shape index (κ3) is 2.95. The molecule has 0 unspecified atom stereocenters. The van der Waals surface area contributed by atoms with E-state index in [1.165, 1.54) is 6.07 Å². The monoisotopic (exact) mass is 206 g/mol. The van der Waals surface area contributed by atoms with Gasteiger partial charge in [0.25, 0.3) is 0 Å². The van der Waals surface area contributed by atoms with Gasteiger partial charge < -0.3 is 4.90 Å². The molecule has 0 aliphatic heterocycles. The van der Waals surface area contributed by atoms with Crippen LogP contribution in [0, 0.1) is 17.1 Å². The first-order valence-electron chi connectivity index (χ1n) is 5.09. The van der Waals surface area contributed by atoms with Crippen molar-refractivity contribution in [3.05, 3.63) is 29.6 Å². The molecular formula is C12H15FN2. The molecule has 2 nitrogen and oxygen atoms in total. The summed E-state index contributed by atoms with van der Waals surface area (Å²) in [5, 5.41) is 8.60. The van der Waals surface area contributed by atoms with E-state index in [1.54, 1.807) is 12.1 Å². The summed E-state index contributed by atoms with van der Waals surface area (Å²) in [5.74, 6) is -0.326. The molecule has 0 fully saturated rings. The Balaban J connectivity index is 2.82. The van der Waals surface area contributed by atoms with Crippen LogP contribution in [0.4, 0.5) is 10.1 Å². The van der Waals surface area contributed by atoms with Crippen LogP contribution in [0.1, 0.15) is 25.3 Å². The summed E-state index contributed by atoms with van der Waals surface area (Å²) in [7, 11) is 1.86. The lowest BCUT2D eigenvalue weighted by Crippen LogP contribution is -2.19. The second-order valence-electron chi connectivity index (χ2n) is 3.55. The van der Waals surface area contributed by atoms with Crippen LogP contribution in [-0.4, -0.2) is 13.6 Å². The van der Waals surface area contributed by atoms with Gasteiger partial charge in [-0.05, 0) is 24.6 Å². The fourth-order valence-electron chi connectivity index (χ4n) is 1.40. The number of rotatable bonds is 4. The quantitative estimate of drug-likeness (QED) is 0.757. The van der Waals surface area contributed by atoms with Gasteiger partial charge in [-0.3, -0.25) is 0 Å². The molecule has 0 amide bonds. The van der Waals surface area contributed by atoms with Crippen LogP contribution < -0.4 is 4.90 Å². The lowest BCUT2D eigenvalue weighted by atomic mass is 10.2. The lowest BCUT2D eigenvalue weighted by molar-refractivity contribution is 0.619. The van der Waals surface area contributed by atoms with Gasteiger partial charge in [-0.25, -0.2) is 4.39 Å². The summed E-state index contributed by atoms with van der Waals surface area (Å²) < 4.78 is 13.5.